The molecule has 1 amide bonds. The first-order valence-corrected chi connectivity index (χ1v) is 9.63. The van der Waals surface area contributed by atoms with Crippen molar-refractivity contribution in [2.75, 3.05) is 19.5 Å². The van der Waals surface area contributed by atoms with E-state index in [0.29, 0.717) is 28.9 Å². The number of anilines is 1. The highest BCUT2D eigenvalue weighted by Crippen LogP contribution is 2.40. The topological polar surface area (TPSA) is 83.2 Å². The van der Waals surface area contributed by atoms with Gasteiger partial charge in [0.1, 0.15) is 5.82 Å². The number of nitrogens with one attached hydrogen (secondary N) is 1. The summed E-state index contributed by atoms with van der Waals surface area (Å²) >= 11 is 0. The monoisotopic (exact) mass is 395 g/mol. The second-order valence-electron chi connectivity index (χ2n) is 7.30. The Labute approximate surface area is 169 Å². The summed E-state index contributed by atoms with van der Waals surface area (Å²) in [5.41, 5.74) is 2.02. The molecule has 8 heteroatoms. The molecule has 3 aromatic rings. The molecule has 2 aromatic heterocycles. The summed E-state index contributed by atoms with van der Waals surface area (Å²) in [4.78, 5) is 12.8. The van der Waals surface area contributed by atoms with Crippen LogP contribution in [0, 0.1) is 5.92 Å². The van der Waals surface area contributed by atoms with Gasteiger partial charge in [0.15, 0.2) is 17.2 Å². The number of carbonyl (C=O) groups excluding carboxylic acids is 1. The van der Waals surface area contributed by atoms with Crippen molar-refractivity contribution in [2.24, 2.45) is 13.0 Å². The van der Waals surface area contributed by atoms with E-state index < -0.39 is 0 Å². The van der Waals surface area contributed by atoms with Crippen molar-refractivity contribution in [3.05, 3.63) is 42.2 Å². The largest absolute Gasteiger partial charge is 0.493 e. The SMILES string of the molecule is COc1ccc(-c2cc(C(=O)Nc3ccnn3C(C)C3CC3)nn2C)cc1OC. The third kappa shape index (κ3) is 3.70. The fourth-order valence-corrected chi connectivity index (χ4v) is 3.54. The third-order valence-electron chi connectivity index (χ3n) is 5.39. The smallest absolute Gasteiger partial charge is 0.277 e. The predicted molar refractivity (Wildman–Crippen MR) is 109 cm³/mol. The quantitative estimate of drug-likeness (QED) is 0.662. The fraction of sp³-hybridized carbons (Fsp3) is 0.381. The molecule has 1 fully saturated rings. The van der Waals surface area contributed by atoms with Crippen molar-refractivity contribution in [2.45, 2.75) is 25.8 Å². The van der Waals surface area contributed by atoms with Gasteiger partial charge in [0.05, 0.1) is 32.2 Å². The number of carbonyl (C=O) groups is 1. The molecular formula is C21H25N5O3. The van der Waals surface area contributed by atoms with E-state index in [1.807, 2.05) is 36.0 Å². The van der Waals surface area contributed by atoms with Gasteiger partial charge in [-0.2, -0.15) is 10.2 Å². The minimum atomic E-state index is -0.267. The Balaban J connectivity index is 1.57. The molecule has 8 nitrogen and oxygen atoms in total. The molecular weight excluding hydrogens is 370 g/mol. The molecule has 1 N–H and O–H groups in total. The molecule has 152 valence electrons. The number of aryl methyl sites for hydroxylation is 1. The van der Waals surface area contributed by atoms with Gasteiger partial charge in [-0.25, -0.2) is 4.68 Å². The van der Waals surface area contributed by atoms with E-state index in [1.54, 1.807) is 31.2 Å². The minimum Gasteiger partial charge on any atom is -0.493 e. The molecule has 0 saturated heterocycles. The van der Waals surface area contributed by atoms with E-state index in [4.69, 9.17) is 9.47 Å². The second kappa shape index (κ2) is 7.62. The molecule has 1 saturated carbocycles. The van der Waals surface area contributed by atoms with Crippen LogP contribution in [0.1, 0.15) is 36.3 Å². The average Bonchev–Trinajstić information content (AvgIpc) is 3.36. The van der Waals surface area contributed by atoms with Crippen LogP contribution in [0.15, 0.2) is 36.5 Å². The molecule has 0 radical (unpaired) electrons. The normalized spacial score (nSPS) is 14.5. The van der Waals surface area contributed by atoms with Gasteiger partial charge in [-0.15, -0.1) is 0 Å². The van der Waals surface area contributed by atoms with Gasteiger partial charge >= 0.3 is 0 Å². The number of hydrogen-bond donors (Lipinski definition) is 1. The first-order valence-electron chi connectivity index (χ1n) is 9.63. The van der Waals surface area contributed by atoms with Gasteiger partial charge in [-0.1, -0.05) is 0 Å². The van der Waals surface area contributed by atoms with Crippen molar-refractivity contribution in [3.63, 3.8) is 0 Å². The Morgan fingerprint density at radius 3 is 2.62 bits per heavy atom. The van der Waals surface area contributed by atoms with Crippen molar-refractivity contribution < 1.29 is 14.3 Å². The number of ether oxygens (including phenoxy) is 2. The van der Waals surface area contributed by atoms with E-state index in [2.05, 4.69) is 22.4 Å². The number of nitrogens with zero attached hydrogens (tertiary/aromatic N) is 4. The summed E-state index contributed by atoms with van der Waals surface area (Å²) in [6.07, 6.45) is 4.13. The lowest BCUT2D eigenvalue weighted by Gasteiger charge is -2.14. The standard InChI is InChI=1S/C21H25N5O3/c1-13(14-5-6-14)26-20(9-10-22-26)23-21(27)16-12-17(25(2)24-16)15-7-8-18(28-3)19(11-15)29-4/h7-14H,5-6H2,1-4H3,(H,23,27). The average molecular weight is 395 g/mol. The molecule has 4 rings (SSSR count). The van der Waals surface area contributed by atoms with Crippen molar-refractivity contribution in [1.82, 2.24) is 19.6 Å². The molecule has 1 aromatic carbocycles. The highest BCUT2D eigenvalue weighted by Gasteiger charge is 2.31. The molecule has 0 bridgehead atoms. The molecule has 0 spiro atoms. The number of rotatable bonds is 7. The maximum Gasteiger partial charge on any atom is 0.277 e. The lowest BCUT2D eigenvalue weighted by molar-refractivity contribution is 0.102. The van der Waals surface area contributed by atoms with Crippen LogP contribution in [0.2, 0.25) is 0 Å². The minimum absolute atomic E-state index is 0.267. The van der Waals surface area contributed by atoms with Crippen molar-refractivity contribution in [1.29, 1.82) is 0 Å². The van der Waals surface area contributed by atoms with Crippen LogP contribution in [-0.4, -0.2) is 39.7 Å². The van der Waals surface area contributed by atoms with E-state index in [1.165, 1.54) is 12.8 Å². The first-order chi connectivity index (χ1) is 14.0. The number of methoxy groups -OCH3 is 2. The van der Waals surface area contributed by atoms with Crippen molar-refractivity contribution >= 4 is 11.7 Å². The lowest BCUT2D eigenvalue weighted by atomic mass is 10.1. The fourth-order valence-electron chi connectivity index (χ4n) is 3.54. The molecule has 1 aliphatic carbocycles. The Kier molecular flexibility index (Phi) is 5.00. The Bertz CT molecular complexity index is 1030. The number of benzene rings is 1. The van der Waals surface area contributed by atoms with Gasteiger partial charge in [-0.3, -0.25) is 9.48 Å². The van der Waals surface area contributed by atoms with Gasteiger partial charge in [0, 0.05) is 18.7 Å². The van der Waals surface area contributed by atoms with Gasteiger partial charge < -0.3 is 14.8 Å². The third-order valence-corrected chi connectivity index (χ3v) is 5.39. The Morgan fingerprint density at radius 2 is 1.93 bits per heavy atom. The van der Waals surface area contributed by atoms with Crippen LogP contribution >= 0.6 is 0 Å². The zero-order valence-electron chi connectivity index (χ0n) is 17.0. The zero-order valence-corrected chi connectivity index (χ0v) is 17.0. The van der Waals surface area contributed by atoms with Crippen molar-refractivity contribution in [3.8, 4) is 22.8 Å². The van der Waals surface area contributed by atoms with Crippen LogP contribution in [-0.2, 0) is 7.05 Å². The maximum absolute atomic E-state index is 12.8. The Hall–Kier alpha value is -3.29. The van der Waals surface area contributed by atoms with E-state index in [9.17, 15) is 4.79 Å². The molecule has 1 atom stereocenters. The van der Waals surface area contributed by atoms with Crippen LogP contribution in [0.25, 0.3) is 11.3 Å². The zero-order chi connectivity index (χ0) is 20.5. The summed E-state index contributed by atoms with van der Waals surface area (Å²) in [7, 11) is 5.00. The van der Waals surface area contributed by atoms with Gasteiger partial charge in [0.25, 0.3) is 5.91 Å². The molecule has 29 heavy (non-hydrogen) atoms. The van der Waals surface area contributed by atoms with E-state index in [-0.39, 0.29) is 11.9 Å². The van der Waals surface area contributed by atoms with Crippen LogP contribution < -0.4 is 14.8 Å². The summed E-state index contributed by atoms with van der Waals surface area (Å²) in [5.74, 6) is 2.33. The van der Waals surface area contributed by atoms with Gasteiger partial charge in [-0.05, 0) is 49.9 Å². The number of amides is 1. The second-order valence-corrected chi connectivity index (χ2v) is 7.30. The predicted octanol–water partition coefficient (Wildman–Crippen LogP) is 3.52. The number of aromatic nitrogens is 4. The summed E-state index contributed by atoms with van der Waals surface area (Å²) < 4.78 is 14.2. The van der Waals surface area contributed by atoms with E-state index >= 15 is 0 Å². The molecule has 1 unspecified atom stereocenters. The first kappa shape index (κ1) is 19.0. The van der Waals surface area contributed by atoms with Gasteiger partial charge in [0.2, 0.25) is 0 Å². The highest BCUT2D eigenvalue weighted by molar-refractivity contribution is 6.03. The van der Waals surface area contributed by atoms with Crippen LogP contribution in [0.4, 0.5) is 5.82 Å². The maximum atomic E-state index is 12.8. The molecule has 1 aliphatic rings. The van der Waals surface area contributed by atoms with E-state index in [0.717, 1.165) is 11.3 Å². The summed E-state index contributed by atoms with van der Waals surface area (Å²) in [6, 6.07) is 9.46. The van der Waals surface area contributed by atoms with Crippen LogP contribution in [0.3, 0.4) is 0 Å². The Morgan fingerprint density at radius 1 is 1.17 bits per heavy atom. The molecule has 2 heterocycles. The molecule has 0 aliphatic heterocycles. The summed E-state index contributed by atoms with van der Waals surface area (Å²) in [5, 5.41) is 11.7. The highest BCUT2D eigenvalue weighted by atomic mass is 16.5. The van der Waals surface area contributed by atoms with Crippen LogP contribution in [0.5, 0.6) is 11.5 Å². The number of hydrogen-bond acceptors (Lipinski definition) is 5. The summed E-state index contributed by atoms with van der Waals surface area (Å²) in [6.45, 7) is 2.14. The lowest BCUT2D eigenvalue weighted by Crippen LogP contribution is -2.19.